The number of hydrogen-bond donors (Lipinski definition) is 2. The Hall–Kier alpha value is -4.60. The van der Waals surface area contributed by atoms with Crippen molar-refractivity contribution >= 4 is 46.5 Å². The van der Waals surface area contributed by atoms with Crippen LogP contribution in [-0.2, 0) is 11.3 Å². The number of ether oxygens (including phenoxy) is 1. The van der Waals surface area contributed by atoms with Crippen LogP contribution in [0.2, 0.25) is 0 Å². The fourth-order valence-corrected chi connectivity index (χ4v) is 3.68. The van der Waals surface area contributed by atoms with E-state index in [0.29, 0.717) is 41.1 Å². The van der Waals surface area contributed by atoms with Gasteiger partial charge in [-0.05, 0) is 36.4 Å². The van der Waals surface area contributed by atoms with E-state index in [1.807, 2.05) is 37.2 Å². The molecular weight excluding hydrogens is 446 g/mol. The molecule has 1 aromatic heterocycles. The van der Waals surface area contributed by atoms with E-state index in [2.05, 4.69) is 27.2 Å². The van der Waals surface area contributed by atoms with Gasteiger partial charge < -0.3 is 25.2 Å². The first-order valence-corrected chi connectivity index (χ1v) is 10.9. The summed E-state index contributed by atoms with van der Waals surface area (Å²) >= 11 is 0. The summed E-state index contributed by atoms with van der Waals surface area (Å²) in [5, 5.41) is 5.92. The highest BCUT2D eigenvalue weighted by Crippen LogP contribution is 2.36. The molecule has 3 amide bonds. The van der Waals surface area contributed by atoms with Crippen molar-refractivity contribution in [3.05, 3.63) is 66.9 Å². The number of aromatic nitrogens is 2. The number of fused-ring (bicyclic) bond motifs is 1. The minimum absolute atomic E-state index is 0.248. The number of anilines is 6. The molecule has 0 fully saturated rings. The lowest BCUT2D eigenvalue weighted by molar-refractivity contribution is -0.111. The zero-order chi connectivity index (χ0) is 25.1. The highest BCUT2D eigenvalue weighted by Gasteiger charge is 2.31. The first kappa shape index (κ1) is 23.6. The summed E-state index contributed by atoms with van der Waals surface area (Å²) in [6, 6.07) is 12.5. The maximum absolute atomic E-state index is 13.2. The van der Waals surface area contributed by atoms with Crippen molar-refractivity contribution in [1.29, 1.82) is 0 Å². The topological polar surface area (TPSA) is 103 Å². The summed E-state index contributed by atoms with van der Waals surface area (Å²) in [5.74, 6) is 1.07. The van der Waals surface area contributed by atoms with Crippen LogP contribution < -0.4 is 25.2 Å². The van der Waals surface area contributed by atoms with Crippen LogP contribution in [0, 0.1) is 0 Å². The summed E-state index contributed by atoms with van der Waals surface area (Å²) in [6.07, 6.45) is 2.89. The third-order valence-corrected chi connectivity index (χ3v) is 5.48. The van der Waals surface area contributed by atoms with Crippen molar-refractivity contribution in [3.63, 3.8) is 0 Å². The van der Waals surface area contributed by atoms with Crippen LogP contribution in [0.3, 0.4) is 0 Å². The monoisotopic (exact) mass is 473 g/mol. The second-order valence-electron chi connectivity index (χ2n) is 8.16. The van der Waals surface area contributed by atoms with Crippen LogP contribution in [0.1, 0.15) is 5.56 Å². The Morgan fingerprint density at radius 1 is 1.23 bits per heavy atom. The van der Waals surface area contributed by atoms with Crippen LogP contribution in [0.15, 0.2) is 61.3 Å². The van der Waals surface area contributed by atoms with Crippen LogP contribution in [-0.4, -0.2) is 55.1 Å². The van der Waals surface area contributed by atoms with Crippen molar-refractivity contribution in [1.82, 2.24) is 14.9 Å². The van der Waals surface area contributed by atoms with E-state index >= 15 is 0 Å². The van der Waals surface area contributed by atoms with E-state index in [-0.39, 0.29) is 11.9 Å². The van der Waals surface area contributed by atoms with Gasteiger partial charge in [-0.1, -0.05) is 12.6 Å². The van der Waals surface area contributed by atoms with E-state index in [1.54, 1.807) is 49.5 Å². The smallest absolute Gasteiger partial charge is 0.330 e. The van der Waals surface area contributed by atoms with Gasteiger partial charge in [-0.15, -0.1) is 0 Å². The number of nitrogens with one attached hydrogen (secondary N) is 2. The molecule has 35 heavy (non-hydrogen) atoms. The Labute approximate surface area is 203 Å². The van der Waals surface area contributed by atoms with Gasteiger partial charge in [0, 0.05) is 50.3 Å². The van der Waals surface area contributed by atoms with E-state index in [1.165, 1.54) is 11.0 Å². The Morgan fingerprint density at radius 2 is 2.03 bits per heavy atom. The van der Waals surface area contributed by atoms with E-state index in [0.717, 1.165) is 11.3 Å². The summed E-state index contributed by atoms with van der Waals surface area (Å²) in [4.78, 5) is 39.1. The molecule has 1 aliphatic rings. The molecule has 2 N–H and O–H groups in total. The van der Waals surface area contributed by atoms with Crippen molar-refractivity contribution in [2.45, 2.75) is 6.54 Å². The quantitative estimate of drug-likeness (QED) is 0.498. The van der Waals surface area contributed by atoms with Gasteiger partial charge in [0.05, 0.1) is 25.0 Å². The lowest BCUT2D eigenvalue weighted by Gasteiger charge is -2.34. The summed E-state index contributed by atoms with van der Waals surface area (Å²) < 4.78 is 5.54. The van der Waals surface area contributed by atoms with Crippen molar-refractivity contribution < 1.29 is 14.3 Å². The number of hydrogen-bond acceptors (Lipinski definition) is 7. The zero-order valence-corrected chi connectivity index (χ0v) is 20.1. The molecule has 1 aliphatic heterocycles. The molecular formula is C25H27N7O3. The normalized spacial score (nSPS) is 12.6. The summed E-state index contributed by atoms with van der Waals surface area (Å²) in [6.45, 7) is 3.85. The largest absolute Gasteiger partial charge is 0.494 e. The Balaban J connectivity index is 1.71. The summed E-state index contributed by atoms with van der Waals surface area (Å²) in [7, 11) is 7.22. The van der Waals surface area contributed by atoms with Crippen molar-refractivity contribution in [3.8, 4) is 5.75 Å². The molecule has 2 heterocycles. The first-order chi connectivity index (χ1) is 16.8. The highest BCUT2D eigenvalue weighted by molar-refractivity contribution is 6.03. The predicted molar refractivity (Wildman–Crippen MR) is 137 cm³/mol. The molecule has 10 nitrogen and oxygen atoms in total. The molecule has 10 heteroatoms. The molecule has 180 valence electrons. The molecule has 0 unspecified atom stereocenters. The minimum Gasteiger partial charge on any atom is -0.494 e. The second kappa shape index (κ2) is 9.72. The average Bonchev–Trinajstić information content (AvgIpc) is 2.85. The lowest BCUT2D eigenvalue weighted by Crippen LogP contribution is -2.43. The fraction of sp³-hybridized carbons (Fsp3) is 0.200. The molecule has 0 radical (unpaired) electrons. The van der Waals surface area contributed by atoms with Gasteiger partial charge >= 0.3 is 6.03 Å². The average molecular weight is 474 g/mol. The predicted octanol–water partition coefficient (Wildman–Crippen LogP) is 4.12. The van der Waals surface area contributed by atoms with Gasteiger partial charge in [0.25, 0.3) is 0 Å². The standard InChI is InChI=1S/C25H27N7O3/c1-6-22(33)27-17-8-7-9-19(12-17)32-23-16(15-31(4)25(32)34)14-26-24(29-23)28-20-11-10-18(30(2)3)13-21(20)35-5/h6-14H,1,15H2,2-5H3,(H,27,33)(H,26,28,29). The van der Waals surface area contributed by atoms with Gasteiger partial charge in [-0.25, -0.2) is 14.7 Å². The van der Waals surface area contributed by atoms with Crippen LogP contribution in [0.4, 0.5) is 39.3 Å². The van der Waals surface area contributed by atoms with Gasteiger partial charge in [0.15, 0.2) is 5.82 Å². The summed E-state index contributed by atoms with van der Waals surface area (Å²) in [5.41, 5.74) is 3.56. The molecule has 0 saturated heterocycles. The SMILES string of the molecule is C=CC(=O)Nc1cccc(N2C(=O)N(C)Cc3cnc(Nc4ccc(N(C)C)cc4OC)nc32)c1. The van der Waals surface area contributed by atoms with Gasteiger partial charge in [0.2, 0.25) is 11.9 Å². The number of amides is 3. The van der Waals surface area contributed by atoms with E-state index in [4.69, 9.17) is 4.74 Å². The number of nitrogens with zero attached hydrogens (tertiary/aromatic N) is 5. The number of rotatable bonds is 7. The molecule has 3 aromatic rings. The van der Waals surface area contributed by atoms with E-state index < -0.39 is 0 Å². The fourth-order valence-electron chi connectivity index (χ4n) is 3.68. The third-order valence-electron chi connectivity index (χ3n) is 5.48. The Kier molecular flexibility index (Phi) is 6.54. The number of carbonyl (C=O) groups excluding carboxylic acids is 2. The minimum atomic E-state index is -0.340. The van der Waals surface area contributed by atoms with Crippen molar-refractivity contribution in [2.24, 2.45) is 0 Å². The highest BCUT2D eigenvalue weighted by atomic mass is 16.5. The number of carbonyl (C=O) groups is 2. The van der Waals surface area contributed by atoms with Crippen molar-refractivity contribution in [2.75, 3.05) is 48.7 Å². The second-order valence-corrected chi connectivity index (χ2v) is 8.16. The molecule has 0 saturated carbocycles. The number of methoxy groups -OCH3 is 1. The van der Waals surface area contributed by atoms with Gasteiger partial charge in [0.1, 0.15) is 5.75 Å². The molecule has 2 aromatic carbocycles. The Morgan fingerprint density at radius 3 is 2.74 bits per heavy atom. The molecule has 0 spiro atoms. The zero-order valence-electron chi connectivity index (χ0n) is 20.1. The number of urea groups is 1. The lowest BCUT2D eigenvalue weighted by atomic mass is 10.2. The molecule has 0 bridgehead atoms. The maximum atomic E-state index is 13.2. The van der Waals surface area contributed by atoms with Gasteiger partial charge in [-0.2, -0.15) is 4.98 Å². The third kappa shape index (κ3) is 4.86. The maximum Gasteiger partial charge on any atom is 0.330 e. The van der Waals surface area contributed by atoms with Gasteiger partial charge in [-0.3, -0.25) is 4.79 Å². The van der Waals surface area contributed by atoms with Crippen LogP contribution >= 0.6 is 0 Å². The first-order valence-electron chi connectivity index (χ1n) is 10.9. The Bertz CT molecular complexity index is 1290. The number of benzene rings is 2. The molecule has 0 aliphatic carbocycles. The van der Waals surface area contributed by atoms with Crippen LogP contribution in [0.25, 0.3) is 0 Å². The van der Waals surface area contributed by atoms with Crippen LogP contribution in [0.5, 0.6) is 5.75 Å². The molecule has 4 rings (SSSR count). The van der Waals surface area contributed by atoms with E-state index in [9.17, 15) is 9.59 Å². The molecule has 0 atom stereocenters.